The standard InChI is InChI=1S/C40H38F2N2O6.Na.H/c1-26(2)43-35(22-21-33(45)23-34(46)24-36(47)48)37(28-13-17-30(41)18-14-28)38(29-15-19-31(42)20-16-29)39(43)40(49)44(32-11-7-4-8-12-32)50-25-27-9-5-3-6-10-27;;/h3-22,26,33-34,45-46H,23-25H2,1-2H3,(H,47,48);;/t33-,34-;;/m1../s1. The van der Waals surface area contributed by atoms with Crippen molar-refractivity contribution in [2.24, 2.45) is 0 Å². The van der Waals surface area contributed by atoms with E-state index >= 15 is 4.79 Å². The molecule has 0 aliphatic rings. The Labute approximate surface area is 317 Å². The SMILES string of the molecule is CC(C)n1c(C=C[C@@H](O)C[C@@H](O)CC(=O)O)c(-c2ccc(F)cc2)c(-c2ccc(F)cc2)c1C(=O)N(OCc1ccccc1)c1ccccc1.[NaH]. The van der Waals surface area contributed by atoms with Crippen molar-refractivity contribution < 1.29 is 38.5 Å². The Balaban J connectivity index is 0.00000583. The van der Waals surface area contributed by atoms with Gasteiger partial charge in [0.25, 0.3) is 5.91 Å². The third kappa shape index (κ3) is 9.89. The van der Waals surface area contributed by atoms with E-state index in [1.165, 1.54) is 35.4 Å². The molecule has 0 aliphatic carbocycles. The molecule has 2 atom stereocenters. The number of aliphatic hydroxyl groups is 2. The predicted molar refractivity (Wildman–Crippen MR) is 195 cm³/mol. The fraction of sp³-hybridized carbons (Fsp3) is 0.200. The first-order valence-electron chi connectivity index (χ1n) is 16.2. The maximum atomic E-state index is 15.1. The average Bonchev–Trinajstić information content (AvgIpc) is 3.44. The number of carboxylic acid groups (broad SMARTS) is 1. The first kappa shape index (κ1) is 39.4. The van der Waals surface area contributed by atoms with E-state index in [0.717, 1.165) is 5.56 Å². The Morgan fingerprint density at radius 3 is 1.86 bits per heavy atom. The number of aromatic nitrogens is 1. The number of para-hydroxylation sites is 1. The number of halogens is 2. The number of carbonyl (C=O) groups excluding carboxylic acids is 1. The minimum absolute atomic E-state index is 0. The Bertz CT molecular complexity index is 1930. The van der Waals surface area contributed by atoms with Crippen molar-refractivity contribution >= 4 is 53.2 Å². The molecule has 11 heteroatoms. The second kappa shape index (κ2) is 18.2. The first-order valence-corrected chi connectivity index (χ1v) is 16.2. The van der Waals surface area contributed by atoms with E-state index in [2.05, 4.69) is 0 Å². The van der Waals surface area contributed by atoms with Crippen LogP contribution in [0.2, 0.25) is 0 Å². The summed E-state index contributed by atoms with van der Waals surface area (Å²) in [5.74, 6) is -2.69. The Kier molecular flexibility index (Phi) is 14.0. The van der Waals surface area contributed by atoms with Gasteiger partial charge in [0.05, 0.1) is 24.3 Å². The molecule has 1 aromatic heterocycles. The topological polar surface area (TPSA) is 112 Å². The molecule has 1 amide bonds. The Hall–Kier alpha value is -4.42. The second-order valence-electron chi connectivity index (χ2n) is 12.1. The van der Waals surface area contributed by atoms with Crippen LogP contribution in [0.25, 0.3) is 28.3 Å². The van der Waals surface area contributed by atoms with Gasteiger partial charge >= 0.3 is 35.5 Å². The molecule has 5 aromatic rings. The molecule has 3 N–H and O–H groups in total. The van der Waals surface area contributed by atoms with E-state index in [9.17, 15) is 23.8 Å². The van der Waals surface area contributed by atoms with Crippen LogP contribution in [0.3, 0.4) is 0 Å². The summed E-state index contributed by atoms with van der Waals surface area (Å²) in [6, 6.07) is 29.3. The van der Waals surface area contributed by atoms with Crippen molar-refractivity contribution in [2.75, 3.05) is 5.06 Å². The average molecular weight is 705 g/mol. The van der Waals surface area contributed by atoms with Gasteiger partial charge in [-0.15, -0.1) is 0 Å². The summed E-state index contributed by atoms with van der Waals surface area (Å²) in [6.07, 6.45) is -0.324. The van der Waals surface area contributed by atoms with Gasteiger partial charge in [-0.1, -0.05) is 78.9 Å². The van der Waals surface area contributed by atoms with Crippen LogP contribution in [-0.2, 0) is 16.2 Å². The molecule has 0 saturated carbocycles. The van der Waals surface area contributed by atoms with Gasteiger partial charge in [-0.25, -0.2) is 8.78 Å². The number of aliphatic carboxylic acids is 1. The molecular weight excluding hydrogens is 665 g/mol. The van der Waals surface area contributed by atoms with Crippen molar-refractivity contribution in [3.63, 3.8) is 0 Å². The number of hydrogen-bond donors (Lipinski definition) is 3. The number of anilines is 1. The van der Waals surface area contributed by atoms with Crippen molar-refractivity contribution in [1.29, 1.82) is 0 Å². The molecule has 0 aliphatic heterocycles. The molecular formula is C40H39F2N2NaO6. The number of carbonyl (C=O) groups is 2. The molecule has 5 rings (SSSR count). The van der Waals surface area contributed by atoms with Gasteiger partial charge in [-0.3, -0.25) is 14.4 Å². The number of rotatable bonds is 14. The predicted octanol–water partition coefficient (Wildman–Crippen LogP) is 7.41. The normalized spacial score (nSPS) is 12.5. The second-order valence-corrected chi connectivity index (χ2v) is 12.1. The molecule has 1 heterocycles. The molecule has 0 radical (unpaired) electrons. The minimum atomic E-state index is -1.30. The molecule has 0 fully saturated rings. The summed E-state index contributed by atoms with van der Waals surface area (Å²) in [6.45, 7) is 3.82. The van der Waals surface area contributed by atoms with E-state index in [0.29, 0.717) is 33.6 Å². The molecule has 0 unspecified atom stereocenters. The monoisotopic (exact) mass is 704 g/mol. The van der Waals surface area contributed by atoms with Gasteiger partial charge in [0, 0.05) is 29.3 Å². The van der Waals surface area contributed by atoms with Gasteiger partial charge in [0.1, 0.15) is 23.9 Å². The summed E-state index contributed by atoms with van der Waals surface area (Å²) in [7, 11) is 0. The first-order chi connectivity index (χ1) is 24.0. The molecule has 0 bridgehead atoms. The summed E-state index contributed by atoms with van der Waals surface area (Å²) >= 11 is 0. The number of hydroxylamine groups is 1. The molecule has 0 spiro atoms. The number of nitrogens with zero attached hydrogens (tertiary/aromatic N) is 2. The maximum absolute atomic E-state index is 15.1. The van der Waals surface area contributed by atoms with E-state index in [-0.39, 0.29) is 54.3 Å². The third-order valence-electron chi connectivity index (χ3n) is 8.01. The van der Waals surface area contributed by atoms with Crippen molar-refractivity contribution in [3.05, 3.63) is 144 Å². The van der Waals surface area contributed by atoms with Crippen LogP contribution in [0.15, 0.2) is 115 Å². The van der Waals surface area contributed by atoms with Crippen molar-refractivity contribution in [2.45, 2.75) is 51.5 Å². The van der Waals surface area contributed by atoms with Gasteiger partial charge in [0.15, 0.2) is 0 Å². The number of carboxylic acids is 1. The summed E-state index contributed by atoms with van der Waals surface area (Å²) in [5, 5.41) is 31.3. The van der Waals surface area contributed by atoms with E-state index in [1.54, 1.807) is 59.2 Å². The Morgan fingerprint density at radius 1 is 0.804 bits per heavy atom. The van der Waals surface area contributed by atoms with Crippen LogP contribution in [-0.4, -0.2) is 73.5 Å². The third-order valence-corrected chi connectivity index (χ3v) is 8.01. The van der Waals surface area contributed by atoms with Crippen molar-refractivity contribution in [3.8, 4) is 22.3 Å². The van der Waals surface area contributed by atoms with Gasteiger partial charge < -0.3 is 19.9 Å². The van der Waals surface area contributed by atoms with Gasteiger partial charge in [-0.05, 0) is 73.0 Å². The number of hydrogen-bond acceptors (Lipinski definition) is 5. The van der Waals surface area contributed by atoms with Gasteiger partial charge in [-0.2, -0.15) is 5.06 Å². The zero-order valence-corrected chi connectivity index (χ0v) is 27.6. The summed E-state index contributed by atoms with van der Waals surface area (Å²) in [4.78, 5) is 32.4. The summed E-state index contributed by atoms with van der Waals surface area (Å²) in [5.41, 5.74) is 3.87. The molecule has 4 aromatic carbocycles. The number of aliphatic hydroxyl groups excluding tert-OH is 2. The zero-order valence-electron chi connectivity index (χ0n) is 27.6. The quantitative estimate of drug-likeness (QED) is 0.0820. The summed E-state index contributed by atoms with van der Waals surface area (Å²) < 4.78 is 30.3. The van der Waals surface area contributed by atoms with Crippen LogP contribution >= 0.6 is 0 Å². The zero-order chi connectivity index (χ0) is 35.8. The van der Waals surface area contributed by atoms with Crippen LogP contribution in [0.5, 0.6) is 0 Å². The van der Waals surface area contributed by atoms with E-state index in [1.807, 2.05) is 50.2 Å². The molecule has 51 heavy (non-hydrogen) atoms. The number of benzene rings is 4. The van der Waals surface area contributed by atoms with Crippen LogP contribution in [0.4, 0.5) is 14.5 Å². The Morgan fingerprint density at radius 2 is 1.33 bits per heavy atom. The van der Waals surface area contributed by atoms with Crippen LogP contribution in [0, 0.1) is 11.6 Å². The molecule has 260 valence electrons. The number of amides is 1. The van der Waals surface area contributed by atoms with Gasteiger partial charge in [0.2, 0.25) is 0 Å². The van der Waals surface area contributed by atoms with Crippen molar-refractivity contribution in [1.82, 2.24) is 4.57 Å². The fourth-order valence-corrected chi connectivity index (χ4v) is 5.79. The van der Waals surface area contributed by atoms with Crippen LogP contribution < -0.4 is 5.06 Å². The molecule has 0 saturated heterocycles. The molecule has 8 nitrogen and oxygen atoms in total. The fourth-order valence-electron chi connectivity index (χ4n) is 5.79. The van der Waals surface area contributed by atoms with Crippen LogP contribution in [0.1, 0.15) is 54.5 Å². The van der Waals surface area contributed by atoms with E-state index in [4.69, 9.17) is 9.94 Å². The van der Waals surface area contributed by atoms with E-state index < -0.39 is 42.1 Å².